The molecule has 0 radical (unpaired) electrons. The Morgan fingerprint density at radius 1 is 1.15 bits per heavy atom. The maximum Gasteiger partial charge on any atom is 0.146 e. The van der Waals surface area contributed by atoms with E-state index < -0.39 is 11.6 Å². The Kier molecular flexibility index (Phi) is 4.16. The van der Waals surface area contributed by atoms with Gasteiger partial charge in [-0.1, -0.05) is 6.07 Å². The van der Waals surface area contributed by atoms with Gasteiger partial charge >= 0.3 is 0 Å². The van der Waals surface area contributed by atoms with Gasteiger partial charge in [0.05, 0.1) is 24.4 Å². The summed E-state index contributed by atoms with van der Waals surface area (Å²) in [6.07, 6.45) is 0. The van der Waals surface area contributed by atoms with Crippen molar-refractivity contribution in [1.82, 2.24) is 0 Å². The van der Waals surface area contributed by atoms with E-state index in [0.717, 1.165) is 6.07 Å². The van der Waals surface area contributed by atoms with Crippen LogP contribution in [0.25, 0.3) is 0 Å². The minimum atomic E-state index is -0.500. The first-order chi connectivity index (χ1) is 9.63. The topological polar surface area (TPSA) is 45.0 Å². The number of anilines is 1. The molecule has 0 amide bonds. The maximum absolute atomic E-state index is 13.7. The van der Waals surface area contributed by atoms with E-state index in [-0.39, 0.29) is 17.8 Å². The molecule has 1 N–H and O–H groups in total. The predicted molar refractivity (Wildman–Crippen MR) is 71.4 cm³/mol. The third-order valence-corrected chi connectivity index (χ3v) is 2.82. The number of ether oxygens (including phenoxy) is 1. The van der Waals surface area contributed by atoms with E-state index in [1.165, 1.54) is 37.4 Å². The summed E-state index contributed by atoms with van der Waals surface area (Å²) in [7, 11) is 1.48. The van der Waals surface area contributed by atoms with E-state index in [1.807, 2.05) is 6.07 Å². The zero-order valence-corrected chi connectivity index (χ0v) is 10.8. The zero-order valence-electron chi connectivity index (χ0n) is 10.8. The predicted octanol–water partition coefficient (Wildman–Crippen LogP) is 3.46. The Hall–Kier alpha value is -2.61. The summed E-state index contributed by atoms with van der Waals surface area (Å²) in [5, 5.41) is 11.5. The number of benzene rings is 2. The summed E-state index contributed by atoms with van der Waals surface area (Å²) in [6, 6.07) is 10.3. The lowest BCUT2D eigenvalue weighted by Crippen LogP contribution is -2.04. The highest BCUT2D eigenvalue weighted by Crippen LogP contribution is 2.22. The first-order valence-electron chi connectivity index (χ1n) is 5.90. The fraction of sp³-hybridized carbons (Fsp3) is 0.133. The molecule has 0 aliphatic carbocycles. The Morgan fingerprint density at radius 2 is 1.95 bits per heavy atom. The van der Waals surface area contributed by atoms with Gasteiger partial charge in [0.1, 0.15) is 17.4 Å². The lowest BCUT2D eigenvalue weighted by molar-refractivity contribution is 0.414. The van der Waals surface area contributed by atoms with Gasteiger partial charge in [0, 0.05) is 18.2 Å². The van der Waals surface area contributed by atoms with Crippen molar-refractivity contribution in [1.29, 1.82) is 5.26 Å². The van der Waals surface area contributed by atoms with Gasteiger partial charge in [-0.25, -0.2) is 8.78 Å². The molecule has 0 aromatic heterocycles. The van der Waals surface area contributed by atoms with Crippen molar-refractivity contribution in [3.8, 4) is 11.8 Å². The van der Waals surface area contributed by atoms with Crippen molar-refractivity contribution in [2.45, 2.75) is 6.54 Å². The molecule has 0 saturated carbocycles. The van der Waals surface area contributed by atoms with Gasteiger partial charge in [0.25, 0.3) is 0 Å². The van der Waals surface area contributed by atoms with Crippen molar-refractivity contribution >= 4 is 5.69 Å². The highest BCUT2D eigenvalue weighted by molar-refractivity contribution is 5.50. The standard InChI is InChI=1S/C15H12F2N2O/c1-20-12-4-5-13(16)15(7-12)19-9-11-3-2-10(8-18)6-14(11)17/h2-7,19H,9H2,1H3. The molecule has 102 valence electrons. The van der Waals surface area contributed by atoms with E-state index in [0.29, 0.717) is 11.3 Å². The molecular weight excluding hydrogens is 262 g/mol. The second kappa shape index (κ2) is 6.02. The van der Waals surface area contributed by atoms with Crippen LogP contribution in [-0.2, 0) is 6.54 Å². The largest absolute Gasteiger partial charge is 0.497 e. The van der Waals surface area contributed by atoms with Gasteiger partial charge in [-0.15, -0.1) is 0 Å². The molecule has 0 bridgehead atoms. The van der Waals surface area contributed by atoms with Crippen LogP contribution >= 0.6 is 0 Å². The summed E-state index contributed by atoms with van der Waals surface area (Å²) < 4.78 is 32.2. The van der Waals surface area contributed by atoms with Crippen LogP contribution in [0.15, 0.2) is 36.4 Å². The number of methoxy groups -OCH3 is 1. The quantitative estimate of drug-likeness (QED) is 0.928. The molecule has 0 aliphatic rings. The van der Waals surface area contributed by atoms with Crippen LogP contribution < -0.4 is 10.1 Å². The number of nitriles is 1. The normalized spacial score (nSPS) is 9.90. The number of halogens is 2. The number of hydrogen-bond acceptors (Lipinski definition) is 3. The molecule has 2 aromatic carbocycles. The Balaban J connectivity index is 2.15. The average Bonchev–Trinajstić information content (AvgIpc) is 2.47. The summed E-state index contributed by atoms with van der Waals surface area (Å²) >= 11 is 0. The van der Waals surface area contributed by atoms with Crippen LogP contribution in [0.2, 0.25) is 0 Å². The van der Waals surface area contributed by atoms with Gasteiger partial charge in [-0.05, 0) is 24.3 Å². The SMILES string of the molecule is COc1ccc(F)c(NCc2ccc(C#N)cc2F)c1. The molecule has 0 saturated heterocycles. The van der Waals surface area contributed by atoms with Crippen molar-refractivity contribution < 1.29 is 13.5 Å². The Bertz CT molecular complexity index is 665. The molecule has 2 rings (SSSR count). The minimum Gasteiger partial charge on any atom is -0.497 e. The lowest BCUT2D eigenvalue weighted by Gasteiger charge is -2.10. The first-order valence-corrected chi connectivity index (χ1v) is 5.90. The second-order valence-electron chi connectivity index (χ2n) is 4.12. The fourth-order valence-electron chi connectivity index (χ4n) is 1.72. The van der Waals surface area contributed by atoms with E-state index in [2.05, 4.69) is 5.32 Å². The molecule has 2 aromatic rings. The third-order valence-electron chi connectivity index (χ3n) is 2.82. The maximum atomic E-state index is 13.7. The van der Waals surface area contributed by atoms with E-state index in [4.69, 9.17) is 10.00 Å². The van der Waals surface area contributed by atoms with Gasteiger partial charge in [0.2, 0.25) is 0 Å². The molecule has 0 spiro atoms. The highest BCUT2D eigenvalue weighted by Gasteiger charge is 2.07. The van der Waals surface area contributed by atoms with Crippen molar-refractivity contribution in [3.63, 3.8) is 0 Å². The van der Waals surface area contributed by atoms with Crippen LogP contribution in [0.3, 0.4) is 0 Å². The van der Waals surface area contributed by atoms with Crippen LogP contribution in [0, 0.1) is 23.0 Å². The number of rotatable bonds is 4. The molecule has 5 heteroatoms. The van der Waals surface area contributed by atoms with E-state index >= 15 is 0 Å². The highest BCUT2D eigenvalue weighted by atomic mass is 19.1. The van der Waals surface area contributed by atoms with Crippen LogP contribution in [0.5, 0.6) is 5.75 Å². The molecule has 3 nitrogen and oxygen atoms in total. The Labute approximate surface area is 115 Å². The second-order valence-corrected chi connectivity index (χ2v) is 4.12. The smallest absolute Gasteiger partial charge is 0.146 e. The molecule has 20 heavy (non-hydrogen) atoms. The lowest BCUT2D eigenvalue weighted by atomic mass is 10.1. The average molecular weight is 274 g/mol. The van der Waals surface area contributed by atoms with Gasteiger partial charge < -0.3 is 10.1 Å². The third kappa shape index (κ3) is 3.04. The summed E-state index contributed by atoms with van der Waals surface area (Å²) in [5.41, 5.74) is 0.832. The number of hydrogen-bond donors (Lipinski definition) is 1. The fourth-order valence-corrected chi connectivity index (χ4v) is 1.72. The summed E-state index contributed by atoms with van der Waals surface area (Å²) in [5.74, 6) is -0.436. The first kappa shape index (κ1) is 13.8. The van der Waals surface area contributed by atoms with Crippen molar-refractivity contribution in [2.75, 3.05) is 12.4 Å². The molecule has 0 heterocycles. The molecular formula is C15H12F2N2O. The van der Waals surface area contributed by atoms with Gasteiger partial charge in [-0.3, -0.25) is 0 Å². The number of nitrogens with zero attached hydrogens (tertiary/aromatic N) is 1. The Morgan fingerprint density at radius 3 is 2.60 bits per heavy atom. The number of nitrogens with one attached hydrogen (secondary N) is 1. The van der Waals surface area contributed by atoms with Crippen molar-refractivity contribution in [2.24, 2.45) is 0 Å². The monoisotopic (exact) mass is 274 g/mol. The van der Waals surface area contributed by atoms with Gasteiger partial charge in [0.15, 0.2) is 0 Å². The zero-order chi connectivity index (χ0) is 14.5. The molecule has 0 atom stereocenters. The van der Waals surface area contributed by atoms with E-state index in [9.17, 15) is 8.78 Å². The van der Waals surface area contributed by atoms with Gasteiger partial charge in [-0.2, -0.15) is 5.26 Å². The van der Waals surface area contributed by atoms with E-state index in [1.54, 1.807) is 0 Å². The summed E-state index contributed by atoms with van der Waals surface area (Å²) in [4.78, 5) is 0. The summed E-state index contributed by atoms with van der Waals surface area (Å²) in [6.45, 7) is 0.113. The molecule has 0 aliphatic heterocycles. The van der Waals surface area contributed by atoms with Crippen LogP contribution in [0.4, 0.5) is 14.5 Å². The molecule has 0 fully saturated rings. The van der Waals surface area contributed by atoms with Crippen LogP contribution in [0.1, 0.15) is 11.1 Å². The minimum absolute atomic E-state index is 0.113. The van der Waals surface area contributed by atoms with Crippen LogP contribution in [-0.4, -0.2) is 7.11 Å². The molecule has 0 unspecified atom stereocenters. The van der Waals surface area contributed by atoms with Crippen molar-refractivity contribution in [3.05, 3.63) is 59.2 Å².